The van der Waals surface area contributed by atoms with Gasteiger partial charge < -0.3 is 9.84 Å². The molecule has 90 valence electrons. The molecule has 0 heterocycles. The number of hydrogen-bond donors (Lipinski definition) is 1. The van der Waals surface area contributed by atoms with Crippen molar-refractivity contribution in [2.45, 2.75) is 44.9 Å². The molecule has 4 aliphatic carbocycles. The van der Waals surface area contributed by atoms with Gasteiger partial charge in [-0.05, 0) is 68.1 Å². The molecule has 4 saturated carbocycles. The third-order valence-corrected chi connectivity index (χ3v) is 5.02. The van der Waals surface area contributed by atoms with Crippen molar-refractivity contribution in [3.63, 3.8) is 0 Å². The Morgan fingerprint density at radius 1 is 1.12 bits per heavy atom. The molecule has 3 nitrogen and oxygen atoms in total. The van der Waals surface area contributed by atoms with Gasteiger partial charge in [-0.25, -0.2) is 4.79 Å². The Morgan fingerprint density at radius 3 is 2.06 bits per heavy atom. The summed E-state index contributed by atoms with van der Waals surface area (Å²) in [6.07, 6.45) is 8.18. The van der Waals surface area contributed by atoms with Gasteiger partial charge in [-0.2, -0.15) is 0 Å². The minimum Gasteiger partial charge on any atom is -0.450 e. The highest BCUT2D eigenvalue weighted by molar-refractivity contribution is 5.56. The van der Waals surface area contributed by atoms with E-state index in [-0.39, 0.29) is 0 Å². The van der Waals surface area contributed by atoms with Crippen molar-refractivity contribution in [1.82, 2.24) is 0 Å². The van der Waals surface area contributed by atoms with Crippen LogP contribution in [0.3, 0.4) is 0 Å². The fraction of sp³-hybridized carbons (Fsp3) is 0.923. The van der Waals surface area contributed by atoms with E-state index in [1.807, 2.05) is 0 Å². The minimum atomic E-state index is -1.12. The molecule has 0 aromatic rings. The number of ether oxygens (including phenoxy) is 1. The van der Waals surface area contributed by atoms with E-state index in [1.54, 1.807) is 0 Å². The van der Waals surface area contributed by atoms with E-state index < -0.39 is 6.16 Å². The van der Waals surface area contributed by atoms with Crippen LogP contribution in [0.2, 0.25) is 0 Å². The molecule has 4 bridgehead atoms. The molecule has 1 N–H and O–H groups in total. The maximum absolute atomic E-state index is 10.4. The average molecular weight is 224 g/mol. The highest BCUT2D eigenvalue weighted by Crippen LogP contribution is 2.61. The zero-order chi connectivity index (χ0) is 11.2. The van der Waals surface area contributed by atoms with Crippen LogP contribution >= 0.6 is 0 Å². The van der Waals surface area contributed by atoms with Gasteiger partial charge in [0.25, 0.3) is 0 Å². The summed E-state index contributed by atoms with van der Waals surface area (Å²) in [5.74, 6) is 2.82. The summed E-state index contributed by atoms with van der Waals surface area (Å²) in [6.45, 7) is 0.404. The molecular formula is C13H20O3. The lowest BCUT2D eigenvalue weighted by Gasteiger charge is -2.57. The van der Waals surface area contributed by atoms with Crippen molar-refractivity contribution in [2.75, 3.05) is 6.61 Å². The van der Waals surface area contributed by atoms with Crippen LogP contribution in [0.25, 0.3) is 0 Å². The Labute approximate surface area is 96.2 Å². The number of carboxylic acid groups (broad SMARTS) is 1. The summed E-state index contributed by atoms with van der Waals surface area (Å²) in [4.78, 5) is 10.4. The maximum Gasteiger partial charge on any atom is 0.505 e. The molecule has 0 amide bonds. The van der Waals surface area contributed by atoms with Crippen molar-refractivity contribution in [3.05, 3.63) is 0 Å². The largest absolute Gasteiger partial charge is 0.505 e. The number of rotatable bonds is 3. The molecule has 4 rings (SSSR count). The van der Waals surface area contributed by atoms with Crippen LogP contribution in [0.15, 0.2) is 0 Å². The van der Waals surface area contributed by atoms with Crippen molar-refractivity contribution >= 4 is 6.16 Å². The smallest absolute Gasteiger partial charge is 0.450 e. The zero-order valence-electron chi connectivity index (χ0n) is 9.65. The predicted octanol–water partition coefficient (Wildman–Crippen LogP) is 3.29. The fourth-order valence-corrected chi connectivity index (χ4v) is 4.95. The molecule has 16 heavy (non-hydrogen) atoms. The molecule has 0 spiro atoms. The monoisotopic (exact) mass is 224 g/mol. The van der Waals surface area contributed by atoms with E-state index in [0.717, 1.165) is 24.2 Å². The molecule has 4 aliphatic rings. The van der Waals surface area contributed by atoms with Gasteiger partial charge in [-0.1, -0.05) is 0 Å². The van der Waals surface area contributed by atoms with Crippen LogP contribution < -0.4 is 0 Å². The van der Waals surface area contributed by atoms with Crippen LogP contribution in [0, 0.1) is 23.2 Å². The first-order valence-corrected chi connectivity index (χ1v) is 6.51. The van der Waals surface area contributed by atoms with Crippen LogP contribution in [0.5, 0.6) is 0 Å². The number of hydrogen-bond acceptors (Lipinski definition) is 2. The SMILES string of the molecule is O=C(O)OCCC12CC3CC(CC(C3)C1)C2. The first-order chi connectivity index (χ1) is 7.65. The number of carbonyl (C=O) groups is 1. The molecule has 0 unspecified atom stereocenters. The van der Waals surface area contributed by atoms with Gasteiger partial charge in [0.05, 0.1) is 6.61 Å². The van der Waals surface area contributed by atoms with Gasteiger partial charge in [0.2, 0.25) is 0 Å². The van der Waals surface area contributed by atoms with Gasteiger partial charge in [-0.15, -0.1) is 0 Å². The average Bonchev–Trinajstić information content (AvgIpc) is 2.13. The summed E-state index contributed by atoms with van der Waals surface area (Å²) in [5, 5.41) is 8.50. The highest BCUT2D eigenvalue weighted by atomic mass is 16.7. The van der Waals surface area contributed by atoms with E-state index in [9.17, 15) is 4.79 Å². The Kier molecular flexibility index (Phi) is 2.37. The summed E-state index contributed by atoms with van der Waals surface area (Å²) < 4.78 is 4.70. The van der Waals surface area contributed by atoms with Crippen LogP contribution in [-0.4, -0.2) is 17.9 Å². The molecule has 0 aromatic heterocycles. The lowest BCUT2D eigenvalue weighted by Crippen LogP contribution is -2.46. The quantitative estimate of drug-likeness (QED) is 0.748. The van der Waals surface area contributed by atoms with Gasteiger partial charge in [0.15, 0.2) is 0 Å². The molecular weight excluding hydrogens is 204 g/mol. The van der Waals surface area contributed by atoms with Crippen molar-refractivity contribution in [3.8, 4) is 0 Å². The van der Waals surface area contributed by atoms with Crippen molar-refractivity contribution in [2.24, 2.45) is 23.2 Å². The maximum atomic E-state index is 10.4. The summed E-state index contributed by atoms with van der Waals surface area (Å²) in [5.41, 5.74) is 0.449. The van der Waals surface area contributed by atoms with Gasteiger partial charge >= 0.3 is 6.16 Å². The van der Waals surface area contributed by atoms with E-state index in [2.05, 4.69) is 0 Å². The third kappa shape index (κ3) is 1.80. The highest BCUT2D eigenvalue weighted by Gasteiger charge is 2.50. The van der Waals surface area contributed by atoms with Crippen molar-refractivity contribution in [1.29, 1.82) is 0 Å². The second-order valence-corrected chi connectivity index (χ2v) is 6.28. The third-order valence-electron chi connectivity index (χ3n) is 5.02. The second kappa shape index (κ2) is 3.64. The lowest BCUT2D eigenvalue weighted by molar-refractivity contribution is -0.0658. The predicted molar refractivity (Wildman–Crippen MR) is 59.2 cm³/mol. The molecule has 4 fully saturated rings. The van der Waals surface area contributed by atoms with E-state index in [0.29, 0.717) is 12.0 Å². The normalized spacial score (nSPS) is 44.6. The zero-order valence-corrected chi connectivity index (χ0v) is 9.65. The lowest BCUT2D eigenvalue weighted by atomic mass is 9.49. The van der Waals surface area contributed by atoms with Crippen molar-refractivity contribution < 1.29 is 14.6 Å². The first kappa shape index (κ1) is 10.4. The molecule has 0 aliphatic heterocycles. The Hall–Kier alpha value is -0.730. The standard InChI is InChI=1S/C13H20O3/c14-12(15)16-2-1-13-6-9-3-10(7-13)5-11(4-9)8-13/h9-11H,1-8H2,(H,14,15). The topological polar surface area (TPSA) is 46.5 Å². The Morgan fingerprint density at radius 2 is 1.62 bits per heavy atom. The van der Waals surface area contributed by atoms with Gasteiger partial charge in [0.1, 0.15) is 0 Å². The Balaban J connectivity index is 1.62. The summed E-state index contributed by atoms with van der Waals surface area (Å²) in [6, 6.07) is 0. The van der Waals surface area contributed by atoms with E-state index in [1.165, 1.54) is 38.5 Å². The van der Waals surface area contributed by atoms with E-state index in [4.69, 9.17) is 9.84 Å². The van der Waals surface area contributed by atoms with Crippen LogP contribution in [0.4, 0.5) is 4.79 Å². The fourth-order valence-electron chi connectivity index (χ4n) is 4.95. The van der Waals surface area contributed by atoms with Gasteiger partial charge in [-0.3, -0.25) is 0 Å². The molecule has 3 heteroatoms. The first-order valence-electron chi connectivity index (χ1n) is 6.51. The van der Waals surface area contributed by atoms with E-state index >= 15 is 0 Å². The molecule has 0 radical (unpaired) electrons. The summed E-state index contributed by atoms with van der Waals surface area (Å²) >= 11 is 0. The van der Waals surface area contributed by atoms with Crippen LogP contribution in [-0.2, 0) is 4.74 Å². The summed E-state index contributed by atoms with van der Waals surface area (Å²) in [7, 11) is 0. The Bertz CT molecular complexity index is 262. The molecule has 0 aromatic carbocycles. The van der Waals surface area contributed by atoms with Crippen LogP contribution in [0.1, 0.15) is 44.9 Å². The minimum absolute atomic E-state index is 0.404. The van der Waals surface area contributed by atoms with Gasteiger partial charge in [0, 0.05) is 0 Å². The second-order valence-electron chi connectivity index (χ2n) is 6.28. The molecule has 0 saturated heterocycles. The molecule has 0 atom stereocenters.